The fraction of sp³-hybridized carbons (Fsp3) is 0.0400. The van der Waals surface area contributed by atoms with Crippen molar-refractivity contribution in [1.82, 2.24) is 15.0 Å². The molecule has 0 spiro atoms. The Bertz CT molecular complexity index is 1550. The van der Waals surface area contributed by atoms with Gasteiger partial charge in [-0.25, -0.2) is 18.4 Å². The maximum atomic E-state index is 13.6. The third-order valence-electron chi connectivity index (χ3n) is 5.32. The summed E-state index contributed by atoms with van der Waals surface area (Å²) in [5.41, 5.74) is 3.65. The number of aromatic amines is 1. The molecule has 0 fully saturated rings. The molecule has 0 aliphatic carbocycles. The second-order valence-corrected chi connectivity index (χ2v) is 10.1. The zero-order valence-electron chi connectivity index (χ0n) is 17.1. The SMILES string of the molecule is Cc1ccc2c(S(=O)(=O)c3ccccc3)cc(-c3cnc(-c4ccccc4)[nH]3)nc2c1Br. The molecule has 2 aromatic heterocycles. The molecule has 0 radical (unpaired) electrons. The van der Waals surface area contributed by atoms with Crippen LogP contribution in [0, 0.1) is 6.92 Å². The molecule has 5 aromatic rings. The number of sulfone groups is 1. The number of aromatic nitrogens is 3. The summed E-state index contributed by atoms with van der Waals surface area (Å²) in [5, 5.41) is 0.567. The number of hydrogen-bond acceptors (Lipinski definition) is 4. The number of H-pyrrole nitrogens is 1. The second kappa shape index (κ2) is 8.00. The van der Waals surface area contributed by atoms with Gasteiger partial charge in [0.25, 0.3) is 0 Å². The fourth-order valence-electron chi connectivity index (χ4n) is 3.61. The molecule has 32 heavy (non-hydrogen) atoms. The molecule has 7 heteroatoms. The van der Waals surface area contributed by atoms with E-state index in [1.54, 1.807) is 42.6 Å². The van der Waals surface area contributed by atoms with E-state index in [2.05, 4.69) is 25.9 Å². The van der Waals surface area contributed by atoms with Gasteiger partial charge in [0.2, 0.25) is 9.84 Å². The molecule has 0 aliphatic rings. The summed E-state index contributed by atoms with van der Waals surface area (Å²) in [6, 6.07) is 23.5. The van der Waals surface area contributed by atoms with Crippen LogP contribution >= 0.6 is 15.9 Å². The minimum atomic E-state index is -3.77. The maximum Gasteiger partial charge on any atom is 0.207 e. The normalized spacial score (nSPS) is 11.7. The molecule has 2 heterocycles. The molecule has 5 rings (SSSR count). The van der Waals surface area contributed by atoms with Crippen molar-refractivity contribution in [3.63, 3.8) is 0 Å². The van der Waals surface area contributed by atoms with Crippen LogP contribution in [-0.2, 0) is 9.84 Å². The number of halogens is 1. The van der Waals surface area contributed by atoms with Crippen molar-refractivity contribution in [2.75, 3.05) is 0 Å². The van der Waals surface area contributed by atoms with Crippen molar-refractivity contribution >= 4 is 36.7 Å². The van der Waals surface area contributed by atoms with Crippen molar-refractivity contribution in [2.24, 2.45) is 0 Å². The summed E-state index contributed by atoms with van der Waals surface area (Å²) in [5.74, 6) is 0.693. The third-order valence-corrected chi connectivity index (χ3v) is 8.13. The Labute approximate surface area is 194 Å². The molecule has 5 nitrogen and oxygen atoms in total. The average Bonchev–Trinajstić information content (AvgIpc) is 3.32. The monoisotopic (exact) mass is 503 g/mol. The van der Waals surface area contributed by atoms with E-state index in [0.29, 0.717) is 28.1 Å². The van der Waals surface area contributed by atoms with Gasteiger partial charge in [0, 0.05) is 15.4 Å². The van der Waals surface area contributed by atoms with Crippen molar-refractivity contribution in [1.29, 1.82) is 0 Å². The summed E-state index contributed by atoms with van der Waals surface area (Å²) in [6.45, 7) is 1.95. The van der Waals surface area contributed by atoms with Crippen LogP contribution in [0.15, 0.2) is 99.3 Å². The van der Waals surface area contributed by atoms with Crippen molar-refractivity contribution < 1.29 is 8.42 Å². The van der Waals surface area contributed by atoms with E-state index in [1.807, 2.05) is 49.4 Å². The molecule has 3 aromatic carbocycles. The van der Waals surface area contributed by atoms with Gasteiger partial charge in [-0.05, 0) is 46.6 Å². The molecular formula is C25H18BrN3O2S. The number of rotatable bonds is 4. The van der Waals surface area contributed by atoms with Gasteiger partial charge in [-0.2, -0.15) is 0 Å². The van der Waals surface area contributed by atoms with Crippen LogP contribution in [0.3, 0.4) is 0 Å². The lowest BCUT2D eigenvalue weighted by Gasteiger charge is -2.12. The molecule has 0 aliphatic heterocycles. The minimum absolute atomic E-state index is 0.209. The highest BCUT2D eigenvalue weighted by Crippen LogP contribution is 2.35. The maximum absolute atomic E-state index is 13.6. The van der Waals surface area contributed by atoms with E-state index in [4.69, 9.17) is 4.98 Å². The van der Waals surface area contributed by atoms with E-state index in [0.717, 1.165) is 15.6 Å². The number of nitrogens with zero attached hydrogens (tertiary/aromatic N) is 2. The van der Waals surface area contributed by atoms with Crippen LogP contribution in [0.1, 0.15) is 5.56 Å². The van der Waals surface area contributed by atoms with Crippen LogP contribution in [-0.4, -0.2) is 23.4 Å². The van der Waals surface area contributed by atoms with Gasteiger partial charge in [-0.15, -0.1) is 0 Å². The lowest BCUT2D eigenvalue weighted by atomic mass is 10.1. The van der Waals surface area contributed by atoms with E-state index in [-0.39, 0.29) is 9.79 Å². The highest BCUT2D eigenvalue weighted by Gasteiger charge is 2.24. The molecule has 0 bridgehead atoms. The van der Waals surface area contributed by atoms with Gasteiger partial charge in [-0.1, -0.05) is 60.7 Å². The zero-order valence-corrected chi connectivity index (χ0v) is 19.5. The summed E-state index contributed by atoms with van der Waals surface area (Å²) >= 11 is 3.60. The number of benzene rings is 3. The first kappa shape index (κ1) is 20.6. The number of nitrogens with one attached hydrogen (secondary N) is 1. The number of pyridine rings is 1. The Hall–Kier alpha value is -3.29. The van der Waals surface area contributed by atoms with E-state index in [9.17, 15) is 8.42 Å². The van der Waals surface area contributed by atoms with E-state index >= 15 is 0 Å². The van der Waals surface area contributed by atoms with Crippen LogP contribution in [0.5, 0.6) is 0 Å². The first-order valence-electron chi connectivity index (χ1n) is 9.96. The molecule has 0 atom stereocenters. The van der Waals surface area contributed by atoms with Gasteiger partial charge in [0.05, 0.1) is 32.9 Å². The lowest BCUT2D eigenvalue weighted by Crippen LogP contribution is -2.05. The first-order chi connectivity index (χ1) is 15.4. The zero-order chi connectivity index (χ0) is 22.3. The second-order valence-electron chi connectivity index (χ2n) is 7.43. The lowest BCUT2D eigenvalue weighted by molar-refractivity contribution is 0.597. The molecule has 0 saturated heterocycles. The van der Waals surface area contributed by atoms with Gasteiger partial charge in [0.15, 0.2) is 0 Å². The van der Waals surface area contributed by atoms with Crippen LogP contribution in [0.25, 0.3) is 33.7 Å². The first-order valence-corrected chi connectivity index (χ1v) is 12.2. The Morgan fingerprint density at radius 1 is 0.906 bits per heavy atom. The molecule has 0 amide bonds. The fourth-order valence-corrected chi connectivity index (χ4v) is 5.53. The van der Waals surface area contributed by atoms with Gasteiger partial charge < -0.3 is 4.98 Å². The summed E-state index contributed by atoms with van der Waals surface area (Å²) in [7, 11) is -3.77. The Morgan fingerprint density at radius 3 is 2.31 bits per heavy atom. The topological polar surface area (TPSA) is 75.7 Å². The minimum Gasteiger partial charge on any atom is -0.337 e. The predicted octanol–water partition coefficient (Wildman–Crippen LogP) is 6.20. The molecule has 0 saturated carbocycles. The van der Waals surface area contributed by atoms with E-state index in [1.165, 1.54) is 0 Å². The molecule has 158 valence electrons. The van der Waals surface area contributed by atoms with E-state index < -0.39 is 9.84 Å². The largest absolute Gasteiger partial charge is 0.337 e. The van der Waals surface area contributed by atoms with Crippen LogP contribution in [0.2, 0.25) is 0 Å². The highest BCUT2D eigenvalue weighted by molar-refractivity contribution is 9.10. The van der Waals surface area contributed by atoms with Crippen molar-refractivity contribution in [3.8, 4) is 22.8 Å². The summed E-state index contributed by atoms with van der Waals surface area (Å²) in [6.07, 6.45) is 1.68. The average molecular weight is 504 g/mol. The third kappa shape index (κ3) is 3.53. The quantitative estimate of drug-likeness (QED) is 0.317. The predicted molar refractivity (Wildman–Crippen MR) is 129 cm³/mol. The Kier molecular flexibility index (Phi) is 5.15. The molecule has 1 N–H and O–H groups in total. The summed E-state index contributed by atoms with van der Waals surface area (Å²) < 4.78 is 27.9. The number of hydrogen-bond donors (Lipinski definition) is 1. The Morgan fingerprint density at radius 2 is 1.59 bits per heavy atom. The summed E-state index contributed by atoms with van der Waals surface area (Å²) in [4.78, 5) is 13.0. The van der Waals surface area contributed by atoms with Crippen molar-refractivity contribution in [2.45, 2.75) is 16.7 Å². The van der Waals surface area contributed by atoms with Gasteiger partial charge >= 0.3 is 0 Å². The van der Waals surface area contributed by atoms with Crippen molar-refractivity contribution in [3.05, 3.63) is 95.1 Å². The van der Waals surface area contributed by atoms with Crippen LogP contribution < -0.4 is 0 Å². The van der Waals surface area contributed by atoms with Gasteiger partial charge in [0.1, 0.15) is 5.82 Å². The molecular weight excluding hydrogens is 486 g/mol. The number of imidazole rings is 1. The van der Waals surface area contributed by atoms with Gasteiger partial charge in [-0.3, -0.25) is 0 Å². The standard InChI is InChI=1S/C25H18BrN3O2S/c1-16-12-13-19-22(32(30,31)18-10-6-3-7-11-18)14-20(28-24(19)23(16)26)21-15-27-25(29-21)17-8-4-2-5-9-17/h2-15H,1H3,(H,27,29). The Balaban J connectivity index is 1.75. The van der Waals surface area contributed by atoms with Crippen LogP contribution in [0.4, 0.5) is 0 Å². The highest BCUT2D eigenvalue weighted by atomic mass is 79.9. The number of fused-ring (bicyclic) bond motifs is 1. The smallest absolute Gasteiger partial charge is 0.207 e. The molecule has 0 unspecified atom stereocenters. The number of aryl methyl sites for hydroxylation is 1.